The Balaban J connectivity index is 1.57. The van der Waals surface area contributed by atoms with Crippen LogP contribution in [0.3, 0.4) is 0 Å². The van der Waals surface area contributed by atoms with E-state index in [2.05, 4.69) is 25.3 Å². The molecule has 0 aromatic carbocycles. The van der Waals surface area contributed by atoms with Gasteiger partial charge in [0.1, 0.15) is 17.6 Å². The molecule has 0 saturated carbocycles. The Hall–Kier alpha value is -3.79. The lowest BCUT2D eigenvalue weighted by atomic mass is 10.1. The summed E-state index contributed by atoms with van der Waals surface area (Å²) in [5.74, 6) is 0.191. The Morgan fingerprint density at radius 2 is 2.19 bits per heavy atom. The number of carbonyl (C=O) groups is 1. The Morgan fingerprint density at radius 3 is 2.97 bits per heavy atom. The van der Waals surface area contributed by atoms with Gasteiger partial charge in [-0.2, -0.15) is 0 Å². The fraction of sp³-hybridized carbons (Fsp3) is 0.286. The van der Waals surface area contributed by atoms with Crippen LogP contribution in [0.1, 0.15) is 22.6 Å². The van der Waals surface area contributed by atoms with Crippen molar-refractivity contribution in [3.63, 3.8) is 0 Å². The van der Waals surface area contributed by atoms with Gasteiger partial charge in [0.2, 0.25) is 5.89 Å². The zero-order chi connectivity index (χ0) is 21.4. The fourth-order valence-electron chi connectivity index (χ4n) is 3.61. The van der Waals surface area contributed by atoms with Gasteiger partial charge in [-0.05, 0) is 25.5 Å². The summed E-state index contributed by atoms with van der Waals surface area (Å²) in [5, 5.41) is 2.89. The highest BCUT2D eigenvalue weighted by molar-refractivity contribution is 5.97. The predicted molar refractivity (Wildman–Crippen MR) is 112 cm³/mol. The minimum absolute atomic E-state index is 0.0111. The number of fused-ring (bicyclic) bond motifs is 1. The first kappa shape index (κ1) is 19.2. The molecule has 0 radical (unpaired) electrons. The molecule has 1 amide bonds. The number of imidazole rings is 1. The molecule has 10 heteroatoms. The molecule has 10 nitrogen and oxygen atoms in total. The molecule has 5 heterocycles. The van der Waals surface area contributed by atoms with Gasteiger partial charge in [-0.3, -0.25) is 4.79 Å². The second-order valence-corrected chi connectivity index (χ2v) is 7.48. The third-order valence-corrected chi connectivity index (χ3v) is 5.31. The number of nitrogen functional groups attached to an aromatic ring is 1. The Labute approximate surface area is 177 Å². The zero-order valence-corrected chi connectivity index (χ0v) is 16.9. The van der Waals surface area contributed by atoms with Crippen molar-refractivity contribution in [2.75, 3.05) is 25.5 Å². The van der Waals surface area contributed by atoms with E-state index in [0.717, 1.165) is 23.3 Å². The monoisotopic (exact) mass is 419 g/mol. The van der Waals surface area contributed by atoms with Crippen molar-refractivity contribution >= 4 is 17.4 Å². The van der Waals surface area contributed by atoms with Crippen molar-refractivity contribution < 1.29 is 13.9 Å². The third-order valence-electron chi connectivity index (χ3n) is 5.31. The molecular formula is C21H21N7O3. The first-order valence-corrected chi connectivity index (χ1v) is 9.97. The van der Waals surface area contributed by atoms with E-state index >= 15 is 0 Å². The van der Waals surface area contributed by atoms with Gasteiger partial charge in [-0.1, -0.05) is 0 Å². The van der Waals surface area contributed by atoms with Crippen LogP contribution in [0.2, 0.25) is 0 Å². The fourth-order valence-corrected chi connectivity index (χ4v) is 3.61. The highest BCUT2D eigenvalue weighted by Gasteiger charge is 2.23. The largest absolute Gasteiger partial charge is 0.443 e. The SMILES string of the molecule is Cc1cnc2ccc(-c3nc(C(=O)NCC4CCOC4)c(N)nc3-c3ncco3)cn12. The van der Waals surface area contributed by atoms with Crippen LogP contribution in [-0.2, 0) is 4.74 Å². The number of anilines is 1. The summed E-state index contributed by atoms with van der Waals surface area (Å²) < 4.78 is 12.7. The van der Waals surface area contributed by atoms with Crippen molar-refractivity contribution in [1.82, 2.24) is 29.7 Å². The van der Waals surface area contributed by atoms with Gasteiger partial charge in [0, 0.05) is 42.7 Å². The van der Waals surface area contributed by atoms with Crippen molar-refractivity contribution in [2.24, 2.45) is 5.92 Å². The summed E-state index contributed by atoms with van der Waals surface area (Å²) >= 11 is 0. The Kier molecular flexibility index (Phi) is 4.83. The number of nitrogens with two attached hydrogens (primary N) is 1. The molecule has 1 fully saturated rings. The van der Waals surface area contributed by atoms with Crippen LogP contribution in [0.4, 0.5) is 5.82 Å². The molecule has 5 rings (SSSR count). The average molecular weight is 419 g/mol. The summed E-state index contributed by atoms with van der Waals surface area (Å²) in [6.45, 7) is 3.81. The van der Waals surface area contributed by atoms with Gasteiger partial charge in [0.05, 0.1) is 12.8 Å². The summed E-state index contributed by atoms with van der Waals surface area (Å²) in [7, 11) is 0. The van der Waals surface area contributed by atoms with E-state index in [0.29, 0.717) is 31.1 Å². The normalized spacial score (nSPS) is 16.1. The van der Waals surface area contributed by atoms with Gasteiger partial charge in [0.25, 0.3) is 5.91 Å². The second-order valence-electron chi connectivity index (χ2n) is 7.48. The number of ether oxygens (including phenoxy) is 1. The maximum Gasteiger partial charge on any atom is 0.273 e. The highest BCUT2D eigenvalue weighted by atomic mass is 16.5. The molecule has 1 aliphatic heterocycles. The molecule has 4 aromatic heterocycles. The molecule has 31 heavy (non-hydrogen) atoms. The first-order chi connectivity index (χ1) is 15.1. The maximum absolute atomic E-state index is 12.8. The van der Waals surface area contributed by atoms with Crippen molar-refractivity contribution in [3.8, 4) is 22.8 Å². The number of nitrogens with zero attached hydrogens (tertiary/aromatic N) is 5. The van der Waals surface area contributed by atoms with Gasteiger partial charge in [-0.25, -0.2) is 19.9 Å². The van der Waals surface area contributed by atoms with Crippen LogP contribution in [0.5, 0.6) is 0 Å². The minimum Gasteiger partial charge on any atom is -0.443 e. The lowest BCUT2D eigenvalue weighted by Crippen LogP contribution is -2.31. The molecule has 4 aromatic rings. The number of nitrogens with one attached hydrogen (secondary N) is 1. The second kappa shape index (κ2) is 7.80. The Morgan fingerprint density at radius 1 is 1.29 bits per heavy atom. The van der Waals surface area contributed by atoms with Crippen LogP contribution in [0, 0.1) is 12.8 Å². The van der Waals surface area contributed by atoms with E-state index in [9.17, 15) is 4.79 Å². The molecule has 0 aliphatic carbocycles. The molecule has 1 unspecified atom stereocenters. The van der Waals surface area contributed by atoms with Crippen LogP contribution < -0.4 is 11.1 Å². The predicted octanol–water partition coefficient (Wildman–Crippen LogP) is 2.10. The molecular weight excluding hydrogens is 398 g/mol. The van der Waals surface area contributed by atoms with Gasteiger partial charge in [0.15, 0.2) is 17.2 Å². The highest BCUT2D eigenvalue weighted by Crippen LogP contribution is 2.30. The van der Waals surface area contributed by atoms with Gasteiger partial charge < -0.3 is 24.6 Å². The number of oxazole rings is 1. The summed E-state index contributed by atoms with van der Waals surface area (Å²) in [6, 6.07) is 3.74. The van der Waals surface area contributed by atoms with Crippen LogP contribution in [0.25, 0.3) is 28.5 Å². The lowest BCUT2D eigenvalue weighted by molar-refractivity contribution is 0.0941. The summed E-state index contributed by atoms with van der Waals surface area (Å²) in [4.78, 5) is 30.4. The quantitative estimate of drug-likeness (QED) is 0.502. The van der Waals surface area contributed by atoms with Crippen molar-refractivity contribution in [1.29, 1.82) is 0 Å². The first-order valence-electron chi connectivity index (χ1n) is 9.97. The number of aryl methyl sites for hydroxylation is 1. The van der Waals surface area contributed by atoms with E-state index in [-0.39, 0.29) is 29.2 Å². The molecule has 1 saturated heterocycles. The number of hydrogen-bond donors (Lipinski definition) is 2. The minimum atomic E-state index is -0.378. The van der Waals surface area contributed by atoms with E-state index in [1.165, 1.54) is 12.5 Å². The van der Waals surface area contributed by atoms with Gasteiger partial charge in [-0.15, -0.1) is 0 Å². The molecule has 3 N–H and O–H groups in total. The molecule has 1 atom stereocenters. The van der Waals surface area contributed by atoms with E-state index < -0.39 is 0 Å². The van der Waals surface area contributed by atoms with Crippen LogP contribution in [-0.4, -0.2) is 50.0 Å². The van der Waals surface area contributed by atoms with Crippen molar-refractivity contribution in [3.05, 3.63) is 48.4 Å². The number of rotatable bonds is 5. The third kappa shape index (κ3) is 3.61. The molecule has 0 spiro atoms. The molecule has 1 aliphatic rings. The lowest BCUT2D eigenvalue weighted by Gasteiger charge is -2.13. The van der Waals surface area contributed by atoms with E-state index in [1.54, 1.807) is 6.20 Å². The standard InChI is InChI=1S/C21H21N7O3/c1-12-8-24-15-3-2-14(10-28(12)15)16-17(21-23-5-7-31-21)27-19(22)18(26-16)20(29)25-9-13-4-6-30-11-13/h2-3,5,7-8,10,13H,4,6,9,11H2,1H3,(H2,22,27)(H,25,29). The zero-order valence-electron chi connectivity index (χ0n) is 16.9. The Bertz CT molecular complexity index is 1240. The number of carbonyl (C=O) groups excluding carboxylic acids is 1. The maximum atomic E-state index is 12.8. The smallest absolute Gasteiger partial charge is 0.273 e. The van der Waals surface area contributed by atoms with Crippen LogP contribution >= 0.6 is 0 Å². The van der Waals surface area contributed by atoms with Crippen molar-refractivity contribution in [2.45, 2.75) is 13.3 Å². The molecule has 0 bridgehead atoms. The average Bonchev–Trinajstić information content (AvgIpc) is 3.55. The van der Waals surface area contributed by atoms with Crippen LogP contribution in [0.15, 0.2) is 41.4 Å². The number of pyridine rings is 1. The topological polar surface area (TPSA) is 133 Å². The number of hydrogen-bond acceptors (Lipinski definition) is 8. The number of aromatic nitrogens is 5. The van der Waals surface area contributed by atoms with E-state index in [4.69, 9.17) is 14.9 Å². The number of amides is 1. The molecule has 158 valence electrons. The summed E-state index contributed by atoms with van der Waals surface area (Å²) in [5.41, 5.74) is 9.48. The summed E-state index contributed by atoms with van der Waals surface area (Å²) in [6.07, 6.45) is 7.56. The van der Waals surface area contributed by atoms with E-state index in [1.807, 2.05) is 29.7 Å². The van der Waals surface area contributed by atoms with Gasteiger partial charge >= 0.3 is 0 Å².